The van der Waals surface area contributed by atoms with E-state index in [0.29, 0.717) is 0 Å². The topological polar surface area (TPSA) is 3.24 Å². The van der Waals surface area contributed by atoms with Gasteiger partial charge in [-0.1, -0.05) is 176 Å². The van der Waals surface area contributed by atoms with Crippen LogP contribution in [0.25, 0.3) is 23.3 Å². The lowest BCUT2D eigenvalue weighted by atomic mass is 9.91. The molecule has 0 aliphatic heterocycles. The van der Waals surface area contributed by atoms with E-state index in [-0.39, 0.29) is 0 Å². The summed E-state index contributed by atoms with van der Waals surface area (Å²) in [6.45, 7) is 0. The van der Waals surface area contributed by atoms with Gasteiger partial charge in [0.2, 0.25) is 0 Å². The number of hydrogen-bond acceptors (Lipinski definition) is 1. The van der Waals surface area contributed by atoms with E-state index < -0.39 is 0 Å². The fourth-order valence-electron chi connectivity index (χ4n) is 7.45. The third-order valence-electron chi connectivity index (χ3n) is 10.1. The second-order valence-corrected chi connectivity index (χ2v) is 13.6. The largest absolute Gasteiger partial charge is 0.310 e. The Kier molecular flexibility index (Phi) is 10.3. The minimum Gasteiger partial charge on any atom is -0.310 e. The van der Waals surface area contributed by atoms with E-state index in [1.807, 2.05) is 0 Å². The van der Waals surface area contributed by atoms with Crippen molar-refractivity contribution in [2.45, 2.75) is 25.7 Å². The van der Waals surface area contributed by atoms with E-state index >= 15 is 0 Å². The number of para-hydroxylation sites is 1. The van der Waals surface area contributed by atoms with Crippen LogP contribution in [0.5, 0.6) is 0 Å². The zero-order chi connectivity index (χ0) is 35.7. The zero-order valence-electron chi connectivity index (χ0n) is 30.0. The maximum atomic E-state index is 2.44. The van der Waals surface area contributed by atoms with E-state index in [1.165, 1.54) is 63.1 Å². The maximum absolute atomic E-state index is 2.44. The van der Waals surface area contributed by atoms with Gasteiger partial charge in [0.15, 0.2) is 0 Å². The molecule has 1 nitrogen and oxygen atoms in total. The molecular formula is C52H43N. The normalized spacial score (nSPS) is 12.2. The van der Waals surface area contributed by atoms with Crippen LogP contribution in [0.2, 0.25) is 0 Å². The van der Waals surface area contributed by atoms with Crippen molar-refractivity contribution in [2.24, 2.45) is 0 Å². The molecule has 53 heavy (non-hydrogen) atoms. The van der Waals surface area contributed by atoms with Crippen molar-refractivity contribution < 1.29 is 0 Å². The standard InChI is InChI=1S/C52H43N/c1-5-21-42(22-6-1)50(43-23-7-2-8-24-43)33-18-31-46-29-15-16-34-52(46)53(49-36-35-41-20-13-14-30-47(41)39-49)48-32-17-19-40(37-48)38-51(44-25-9-3-10-26-44)45-27-11-4-12-28-45/h1-12,15-19,21-29,31-39H,13-14,20,30H2/b31-18+. The number of anilines is 3. The SMILES string of the molecule is C(/C=C/c1ccccc1N(c1cccc(C=C(c2ccccc2)c2ccccc2)c1)c1ccc2c(c1)CCCC2)=C(c1ccccc1)c1ccccc1. The molecule has 256 valence electrons. The molecule has 1 heteroatoms. The summed E-state index contributed by atoms with van der Waals surface area (Å²) in [5.41, 5.74) is 15.9. The van der Waals surface area contributed by atoms with Gasteiger partial charge in [-0.05, 0) is 118 Å². The first kappa shape index (κ1) is 33.7. The van der Waals surface area contributed by atoms with Crippen LogP contribution in [0.1, 0.15) is 57.3 Å². The van der Waals surface area contributed by atoms with Crippen LogP contribution in [-0.2, 0) is 12.8 Å². The second-order valence-electron chi connectivity index (χ2n) is 13.6. The smallest absolute Gasteiger partial charge is 0.0533 e. The number of aryl methyl sites for hydroxylation is 2. The molecule has 0 amide bonds. The monoisotopic (exact) mass is 681 g/mol. The number of benzene rings is 7. The molecule has 0 saturated carbocycles. The van der Waals surface area contributed by atoms with Gasteiger partial charge in [-0.15, -0.1) is 0 Å². The van der Waals surface area contributed by atoms with Crippen LogP contribution < -0.4 is 4.90 Å². The molecule has 0 saturated heterocycles. The van der Waals surface area contributed by atoms with Crippen LogP contribution >= 0.6 is 0 Å². The van der Waals surface area contributed by atoms with Crippen molar-refractivity contribution in [2.75, 3.05) is 4.90 Å². The zero-order valence-corrected chi connectivity index (χ0v) is 30.0. The average molecular weight is 682 g/mol. The van der Waals surface area contributed by atoms with E-state index in [1.54, 1.807) is 0 Å². The van der Waals surface area contributed by atoms with Crippen molar-refractivity contribution in [3.63, 3.8) is 0 Å². The Morgan fingerprint density at radius 2 is 0.962 bits per heavy atom. The minimum absolute atomic E-state index is 1.13. The molecule has 0 aromatic heterocycles. The molecule has 0 spiro atoms. The fraction of sp³-hybridized carbons (Fsp3) is 0.0769. The number of allylic oxidation sites excluding steroid dienone is 2. The summed E-state index contributed by atoms with van der Waals surface area (Å²) >= 11 is 0. The van der Waals surface area contributed by atoms with E-state index in [2.05, 4.69) is 217 Å². The first-order chi connectivity index (χ1) is 26.3. The number of rotatable bonds is 10. The predicted octanol–water partition coefficient (Wildman–Crippen LogP) is 13.8. The van der Waals surface area contributed by atoms with Crippen LogP contribution in [0.4, 0.5) is 17.1 Å². The molecular weight excluding hydrogens is 639 g/mol. The van der Waals surface area contributed by atoms with Crippen molar-refractivity contribution in [1.29, 1.82) is 0 Å². The summed E-state index contributed by atoms with van der Waals surface area (Å²) in [6.07, 6.45) is 13.8. The van der Waals surface area contributed by atoms with Gasteiger partial charge >= 0.3 is 0 Å². The minimum atomic E-state index is 1.13. The molecule has 8 rings (SSSR count). The summed E-state index contributed by atoms with van der Waals surface area (Å²) in [4.78, 5) is 2.44. The van der Waals surface area contributed by atoms with Crippen molar-refractivity contribution in [3.8, 4) is 0 Å². The molecule has 7 aromatic carbocycles. The second kappa shape index (κ2) is 16.3. The molecule has 1 aliphatic rings. The van der Waals surface area contributed by atoms with E-state index in [0.717, 1.165) is 35.3 Å². The Balaban J connectivity index is 1.24. The van der Waals surface area contributed by atoms with Gasteiger partial charge < -0.3 is 4.90 Å². The highest BCUT2D eigenvalue weighted by atomic mass is 15.1. The fourth-order valence-corrected chi connectivity index (χ4v) is 7.45. The third-order valence-corrected chi connectivity index (χ3v) is 10.1. The molecule has 0 fully saturated rings. The molecule has 0 heterocycles. The highest BCUT2D eigenvalue weighted by molar-refractivity contribution is 5.92. The lowest BCUT2D eigenvalue weighted by molar-refractivity contribution is 0.685. The Labute approximate surface area is 314 Å². The molecule has 0 unspecified atom stereocenters. The van der Waals surface area contributed by atoms with Crippen molar-refractivity contribution in [3.05, 3.63) is 245 Å². The molecule has 0 N–H and O–H groups in total. The molecule has 1 aliphatic carbocycles. The molecule has 0 bridgehead atoms. The van der Waals surface area contributed by atoms with Crippen LogP contribution in [0.15, 0.2) is 200 Å². The van der Waals surface area contributed by atoms with Gasteiger partial charge in [0, 0.05) is 11.4 Å². The summed E-state index contributed by atoms with van der Waals surface area (Å²) in [7, 11) is 0. The summed E-state index contributed by atoms with van der Waals surface area (Å²) < 4.78 is 0. The first-order valence-electron chi connectivity index (χ1n) is 18.7. The summed E-state index contributed by atoms with van der Waals surface area (Å²) in [6, 6.07) is 67.5. The summed E-state index contributed by atoms with van der Waals surface area (Å²) in [5.74, 6) is 0. The van der Waals surface area contributed by atoms with Crippen LogP contribution in [0, 0.1) is 0 Å². The Morgan fingerprint density at radius 1 is 0.434 bits per heavy atom. The predicted molar refractivity (Wildman–Crippen MR) is 227 cm³/mol. The molecule has 0 atom stereocenters. The third kappa shape index (κ3) is 7.91. The van der Waals surface area contributed by atoms with Gasteiger partial charge in [-0.2, -0.15) is 0 Å². The van der Waals surface area contributed by atoms with Gasteiger partial charge in [0.25, 0.3) is 0 Å². The Bertz CT molecular complexity index is 2280. The Morgan fingerprint density at radius 3 is 1.58 bits per heavy atom. The van der Waals surface area contributed by atoms with Gasteiger partial charge in [-0.25, -0.2) is 0 Å². The van der Waals surface area contributed by atoms with Crippen molar-refractivity contribution >= 4 is 40.4 Å². The lowest BCUT2D eigenvalue weighted by Gasteiger charge is -2.29. The number of hydrogen-bond donors (Lipinski definition) is 0. The van der Waals surface area contributed by atoms with E-state index in [4.69, 9.17) is 0 Å². The number of fused-ring (bicyclic) bond motifs is 1. The maximum Gasteiger partial charge on any atom is 0.0533 e. The van der Waals surface area contributed by atoms with Gasteiger partial charge in [0.05, 0.1) is 5.69 Å². The highest BCUT2D eigenvalue weighted by Crippen LogP contribution is 2.40. The van der Waals surface area contributed by atoms with Gasteiger partial charge in [0.1, 0.15) is 0 Å². The Hall–Kier alpha value is -6.44. The molecule has 0 radical (unpaired) electrons. The quantitative estimate of drug-likeness (QED) is 0.103. The van der Waals surface area contributed by atoms with Crippen LogP contribution in [-0.4, -0.2) is 0 Å². The summed E-state index contributed by atoms with van der Waals surface area (Å²) in [5, 5.41) is 0. The highest BCUT2D eigenvalue weighted by Gasteiger charge is 2.18. The molecule has 7 aromatic rings. The van der Waals surface area contributed by atoms with Gasteiger partial charge in [-0.3, -0.25) is 0 Å². The number of nitrogens with zero attached hydrogens (tertiary/aromatic N) is 1. The lowest BCUT2D eigenvalue weighted by Crippen LogP contribution is -2.13. The first-order valence-corrected chi connectivity index (χ1v) is 18.7. The van der Waals surface area contributed by atoms with Crippen molar-refractivity contribution in [1.82, 2.24) is 0 Å². The van der Waals surface area contributed by atoms with E-state index in [9.17, 15) is 0 Å². The van der Waals surface area contributed by atoms with Crippen LogP contribution in [0.3, 0.4) is 0 Å². The average Bonchev–Trinajstić information content (AvgIpc) is 3.23.